The molecule has 0 unspecified atom stereocenters. The van der Waals surface area contributed by atoms with Gasteiger partial charge in [-0.05, 0) is 30.2 Å². The number of para-hydroxylation sites is 1. The molecular weight excluding hydrogens is 328 g/mol. The predicted octanol–water partition coefficient (Wildman–Crippen LogP) is 3.23. The highest BCUT2D eigenvalue weighted by Gasteiger charge is 2.27. The molecule has 0 aliphatic carbocycles. The molecular formula is C21H26N2O3. The van der Waals surface area contributed by atoms with Crippen molar-refractivity contribution in [3.8, 4) is 11.5 Å². The fraction of sp³-hybridized carbons (Fsp3) is 0.381. The zero-order valence-electron chi connectivity index (χ0n) is 15.7. The first-order chi connectivity index (χ1) is 12.7. The Kier molecular flexibility index (Phi) is 5.66. The standard InChI is InChI=1S/C21H26N2O3/c1-4-16-8-5-6-9-17(16)22-12-14-23(15-13-22)21(24)20-18(25-2)10-7-11-19(20)26-3/h5-11H,4,12-15H2,1-3H3. The first-order valence-electron chi connectivity index (χ1n) is 9.02. The number of hydrogen-bond donors (Lipinski definition) is 0. The van der Waals surface area contributed by atoms with Gasteiger partial charge < -0.3 is 19.3 Å². The molecule has 0 spiro atoms. The van der Waals surface area contributed by atoms with Crippen LogP contribution < -0.4 is 14.4 Å². The Balaban J connectivity index is 1.75. The molecule has 0 radical (unpaired) electrons. The third-order valence-electron chi connectivity index (χ3n) is 4.92. The molecule has 1 aliphatic rings. The van der Waals surface area contributed by atoms with Gasteiger partial charge in [-0.3, -0.25) is 4.79 Å². The number of rotatable bonds is 5. The summed E-state index contributed by atoms with van der Waals surface area (Å²) < 4.78 is 10.8. The molecule has 0 aromatic heterocycles. The van der Waals surface area contributed by atoms with Crippen LogP contribution in [0.1, 0.15) is 22.8 Å². The highest BCUT2D eigenvalue weighted by Crippen LogP contribution is 2.30. The molecule has 1 amide bonds. The molecule has 1 aliphatic heterocycles. The van der Waals surface area contributed by atoms with Crippen molar-refractivity contribution in [2.45, 2.75) is 13.3 Å². The smallest absolute Gasteiger partial charge is 0.261 e. The van der Waals surface area contributed by atoms with Crippen LogP contribution >= 0.6 is 0 Å². The number of anilines is 1. The Bertz CT molecular complexity index is 745. The minimum Gasteiger partial charge on any atom is -0.496 e. The van der Waals surface area contributed by atoms with Crippen LogP contribution in [0.3, 0.4) is 0 Å². The third-order valence-corrected chi connectivity index (χ3v) is 4.92. The van der Waals surface area contributed by atoms with Gasteiger partial charge >= 0.3 is 0 Å². The normalized spacial score (nSPS) is 14.3. The van der Waals surface area contributed by atoms with Crippen LogP contribution in [0.25, 0.3) is 0 Å². The van der Waals surface area contributed by atoms with Gasteiger partial charge in [-0.2, -0.15) is 0 Å². The van der Waals surface area contributed by atoms with Crippen LogP contribution in [0.2, 0.25) is 0 Å². The van der Waals surface area contributed by atoms with Gasteiger partial charge in [0, 0.05) is 31.9 Å². The molecule has 0 N–H and O–H groups in total. The molecule has 138 valence electrons. The second-order valence-corrected chi connectivity index (χ2v) is 6.30. The number of hydrogen-bond acceptors (Lipinski definition) is 4. The van der Waals surface area contributed by atoms with E-state index in [4.69, 9.17) is 9.47 Å². The van der Waals surface area contributed by atoms with E-state index in [0.717, 1.165) is 19.5 Å². The van der Waals surface area contributed by atoms with E-state index in [2.05, 4.69) is 36.1 Å². The maximum atomic E-state index is 13.1. The minimum atomic E-state index is -0.0391. The molecule has 2 aromatic carbocycles. The molecule has 2 aromatic rings. The molecule has 0 saturated carbocycles. The van der Waals surface area contributed by atoms with Crippen molar-refractivity contribution >= 4 is 11.6 Å². The molecule has 0 bridgehead atoms. The van der Waals surface area contributed by atoms with Crippen LogP contribution in [0, 0.1) is 0 Å². The second-order valence-electron chi connectivity index (χ2n) is 6.30. The zero-order chi connectivity index (χ0) is 18.5. The molecule has 26 heavy (non-hydrogen) atoms. The largest absolute Gasteiger partial charge is 0.496 e. The first kappa shape index (κ1) is 18.1. The molecule has 0 atom stereocenters. The lowest BCUT2D eigenvalue weighted by Gasteiger charge is -2.37. The van der Waals surface area contributed by atoms with Crippen molar-refractivity contribution in [2.24, 2.45) is 0 Å². The number of piperazine rings is 1. The van der Waals surface area contributed by atoms with E-state index in [0.29, 0.717) is 30.2 Å². The van der Waals surface area contributed by atoms with Crippen molar-refractivity contribution in [3.63, 3.8) is 0 Å². The number of methoxy groups -OCH3 is 2. The zero-order valence-corrected chi connectivity index (χ0v) is 15.7. The van der Waals surface area contributed by atoms with Crippen LogP contribution in [0.15, 0.2) is 42.5 Å². The topological polar surface area (TPSA) is 42.0 Å². The third kappa shape index (κ3) is 3.47. The van der Waals surface area contributed by atoms with Crippen LogP contribution in [-0.2, 0) is 6.42 Å². The van der Waals surface area contributed by atoms with Gasteiger partial charge in [0.1, 0.15) is 17.1 Å². The van der Waals surface area contributed by atoms with E-state index in [1.54, 1.807) is 26.4 Å². The van der Waals surface area contributed by atoms with E-state index < -0.39 is 0 Å². The SMILES string of the molecule is CCc1ccccc1N1CCN(C(=O)c2c(OC)cccc2OC)CC1. The molecule has 1 saturated heterocycles. The number of nitrogens with zero attached hydrogens (tertiary/aromatic N) is 2. The maximum Gasteiger partial charge on any atom is 0.261 e. The van der Waals surface area contributed by atoms with Crippen molar-refractivity contribution in [1.82, 2.24) is 4.90 Å². The molecule has 5 heteroatoms. The Hall–Kier alpha value is -2.69. The van der Waals surface area contributed by atoms with E-state index in [-0.39, 0.29) is 5.91 Å². The maximum absolute atomic E-state index is 13.1. The summed E-state index contributed by atoms with van der Waals surface area (Å²) in [6, 6.07) is 13.9. The minimum absolute atomic E-state index is 0.0391. The molecule has 5 nitrogen and oxygen atoms in total. The fourth-order valence-electron chi connectivity index (χ4n) is 3.49. The van der Waals surface area contributed by atoms with Crippen LogP contribution in [-0.4, -0.2) is 51.2 Å². The quantitative estimate of drug-likeness (QED) is 0.827. The van der Waals surface area contributed by atoms with E-state index >= 15 is 0 Å². The van der Waals surface area contributed by atoms with Crippen molar-refractivity contribution < 1.29 is 14.3 Å². The van der Waals surface area contributed by atoms with Crippen molar-refractivity contribution in [2.75, 3.05) is 45.3 Å². The lowest BCUT2D eigenvalue weighted by Crippen LogP contribution is -2.49. The van der Waals surface area contributed by atoms with Crippen molar-refractivity contribution in [3.05, 3.63) is 53.6 Å². The Morgan fingerprint density at radius 2 is 1.54 bits per heavy atom. The average Bonchev–Trinajstić information content (AvgIpc) is 2.72. The lowest BCUT2D eigenvalue weighted by atomic mass is 10.1. The fourth-order valence-corrected chi connectivity index (χ4v) is 3.49. The summed E-state index contributed by atoms with van der Waals surface area (Å²) in [5.74, 6) is 1.06. The second kappa shape index (κ2) is 8.13. The Morgan fingerprint density at radius 3 is 2.12 bits per heavy atom. The summed E-state index contributed by atoms with van der Waals surface area (Å²) in [6.07, 6.45) is 1.01. The van der Waals surface area contributed by atoms with Gasteiger partial charge in [-0.25, -0.2) is 0 Å². The molecule has 1 fully saturated rings. The summed E-state index contributed by atoms with van der Waals surface area (Å²) in [4.78, 5) is 17.3. The number of aryl methyl sites for hydroxylation is 1. The van der Waals surface area contributed by atoms with Crippen LogP contribution in [0.5, 0.6) is 11.5 Å². The molecule has 1 heterocycles. The van der Waals surface area contributed by atoms with Gasteiger partial charge in [0.25, 0.3) is 5.91 Å². The predicted molar refractivity (Wildman–Crippen MR) is 103 cm³/mol. The first-order valence-corrected chi connectivity index (χ1v) is 9.02. The van der Waals surface area contributed by atoms with Gasteiger partial charge in [-0.1, -0.05) is 31.2 Å². The number of amides is 1. The summed E-state index contributed by atoms with van der Waals surface area (Å²) in [7, 11) is 3.15. The van der Waals surface area contributed by atoms with Gasteiger partial charge in [0.05, 0.1) is 14.2 Å². The van der Waals surface area contributed by atoms with E-state index in [1.807, 2.05) is 11.0 Å². The summed E-state index contributed by atoms with van der Waals surface area (Å²) >= 11 is 0. The number of ether oxygens (including phenoxy) is 2. The Morgan fingerprint density at radius 1 is 0.923 bits per heavy atom. The highest BCUT2D eigenvalue weighted by atomic mass is 16.5. The highest BCUT2D eigenvalue weighted by molar-refractivity contribution is 5.99. The van der Waals surface area contributed by atoms with Gasteiger partial charge in [0.2, 0.25) is 0 Å². The van der Waals surface area contributed by atoms with Gasteiger partial charge in [-0.15, -0.1) is 0 Å². The number of carbonyl (C=O) groups is 1. The Labute approximate surface area is 155 Å². The van der Waals surface area contributed by atoms with Gasteiger partial charge in [0.15, 0.2) is 0 Å². The summed E-state index contributed by atoms with van der Waals surface area (Å²) in [5, 5.41) is 0. The lowest BCUT2D eigenvalue weighted by molar-refractivity contribution is 0.0739. The molecule has 3 rings (SSSR count). The summed E-state index contributed by atoms with van der Waals surface area (Å²) in [6.45, 7) is 5.17. The monoisotopic (exact) mass is 354 g/mol. The van der Waals surface area contributed by atoms with E-state index in [1.165, 1.54) is 11.3 Å². The van der Waals surface area contributed by atoms with Crippen LogP contribution in [0.4, 0.5) is 5.69 Å². The van der Waals surface area contributed by atoms with Crippen molar-refractivity contribution in [1.29, 1.82) is 0 Å². The average molecular weight is 354 g/mol. The number of carbonyl (C=O) groups excluding carboxylic acids is 1. The van der Waals surface area contributed by atoms with E-state index in [9.17, 15) is 4.79 Å². The summed E-state index contributed by atoms with van der Waals surface area (Å²) in [5.41, 5.74) is 3.12. The number of benzene rings is 2.